The molecule has 1 atom stereocenters. The zero-order valence-electron chi connectivity index (χ0n) is 7.83. The summed E-state index contributed by atoms with van der Waals surface area (Å²) < 4.78 is 0. The first-order valence-electron chi connectivity index (χ1n) is 3.95. The quantitative estimate of drug-likeness (QED) is 0.540. The summed E-state index contributed by atoms with van der Waals surface area (Å²) in [6, 6.07) is 0. The lowest BCUT2D eigenvalue weighted by Gasteiger charge is -2.25. The molecule has 4 nitrogen and oxygen atoms in total. The number of ketones is 2. The number of carbonyl (C=O) groups excluding carboxylic acids is 3. The van der Waals surface area contributed by atoms with E-state index in [1.54, 1.807) is 14.0 Å². The third kappa shape index (κ3) is 1.52. The van der Waals surface area contributed by atoms with Gasteiger partial charge in [0, 0.05) is 18.8 Å². The second-order valence-electron chi connectivity index (χ2n) is 3.13. The van der Waals surface area contributed by atoms with Crippen LogP contribution < -0.4 is 0 Å². The maximum atomic E-state index is 11.4. The van der Waals surface area contributed by atoms with E-state index in [2.05, 4.69) is 0 Å². The Morgan fingerprint density at radius 1 is 1.46 bits per heavy atom. The van der Waals surface area contributed by atoms with Gasteiger partial charge in [-0.3, -0.25) is 14.4 Å². The molecule has 1 aliphatic rings. The van der Waals surface area contributed by atoms with Crippen molar-refractivity contribution in [1.82, 2.24) is 4.90 Å². The van der Waals surface area contributed by atoms with Gasteiger partial charge in [-0.2, -0.15) is 0 Å². The monoisotopic (exact) mass is 181 g/mol. The van der Waals surface area contributed by atoms with Gasteiger partial charge in [0.05, 0.1) is 0 Å². The van der Waals surface area contributed by atoms with Crippen molar-refractivity contribution in [2.24, 2.45) is 5.92 Å². The average Bonchev–Trinajstić information content (AvgIpc) is 1.99. The van der Waals surface area contributed by atoms with Crippen molar-refractivity contribution in [2.45, 2.75) is 13.8 Å². The molecule has 1 rings (SSSR count). The van der Waals surface area contributed by atoms with Gasteiger partial charge in [0.2, 0.25) is 5.91 Å². The Balaban J connectivity index is 3.10. The molecule has 0 aromatic carbocycles. The molecule has 0 aliphatic carbocycles. The van der Waals surface area contributed by atoms with Gasteiger partial charge in [-0.15, -0.1) is 0 Å². The van der Waals surface area contributed by atoms with Crippen LogP contribution in [0.2, 0.25) is 0 Å². The molecule has 0 fully saturated rings. The summed E-state index contributed by atoms with van der Waals surface area (Å²) in [4.78, 5) is 35.0. The number of hydrogen-bond acceptors (Lipinski definition) is 3. The van der Waals surface area contributed by atoms with Crippen LogP contribution in [-0.2, 0) is 14.4 Å². The Bertz CT molecular complexity index is 317. The molecule has 0 saturated carbocycles. The SMILES string of the molecule is CC(=O)[C@H]1C(=O)C=C(C)N(C)C1=O. The first-order chi connectivity index (χ1) is 5.95. The van der Waals surface area contributed by atoms with E-state index in [4.69, 9.17) is 0 Å². The minimum atomic E-state index is -1.12. The third-order valence-electron chi connectivity index (χ3n) is 2.15. The summed E-state index contributed by atoms with van der Waals surface area (Å²) in [5.74, 6) is -2.36. The van der Waals surface area contributed by atoms with E-state index in [1.807, 2.05) is 0 Å². The number of rotatable bonds is 1. The Hall–Kier alpha value is -1.45. The van der Waals surface area contributed by atoms with Crippen molar-refractivity contribution >= 4 is 17.5 Å². The fourth-order valence-corrected chi connectivity index (χ4v) is 1.25. The highest BCUT2D eigenvalue weighted by Gasteiger charge is 2.36. The second-order valence-corrected chi connectivity index (χ2v) is 3.13. The number of allylic oxidation sites excluding steroid dienone is 2. The van der Waals surface area contributed by atoms with Gasteiger partial charge in [0.1, 0.15) is 5.78 Å². The van der Waals surface area contributed by atoms with E-state index in [0.29, 0.717) is 5.70 Å². The minimum Gasteiger partial charge on any atom is -0.318 e. The van der Waals surface area contributed by atoms with Gasteiger partial charge >= 0.3 is 0 Å². The molecular formula is C9H11NO3. The van der Waals surface area contributed by atoms with Crippen LogP contribution in [0, 0.1) is 5.92 Å². The number of amides is 1. The summed E-state index contributed by atoms with van der Waals surface area (Å²) in [5.41, 5.74) is 0.576. The molecule has 1 amide bonds. The summed E-state index contributed by atoms with van der Waals surface area (Å²) in [5, 5.41) is 0. The Labute approximate surface area is 76.2 Å². The molecule has 0 saturated heterocycles. The zero-order valence-corrected chi connectivity index (χ0v) is 7.83. The van der Waals surface area contributed by atoms with Crippen molar-refractivity contribution in [2.75, 3.05) is 7.05 Å². The van der Waals surface area contributed by atoms with Crippen molar-refractivity contribution < 1.29 is 14.4 Å². The number of carbonyl (C=O) groups is 3. The molecule has 0 N–H and O–H groups in total. The molecule has 4 heteroatoms. The standard InChI is InChI=1S/C9H11NO3/c1-5-4-7(12)8(6(2)11)9(13)10(5)3/h4,8H,1-3H3/t8-/m0/s1. The lowest BCUT2D eigenvalue weighted by molar-refractivity contribution is -0.143. The topological polar surface area (TPSA) is 54.5 Å². The molecule has 0 bridgehead atoms. The highest BCUT2D eigenvalue weighted by atomic mass is 16.2. The highest BCUT2D eigenvalue weighted by Crippen LogP contribution is 2.17. The third-order valence-corrected chi connectivity index (χ3v) is 2.15. The van der Waals surface area contributed by atoms with Crippen LogP contribution in [0.25, 0.3) is 0 Å². The fourth-order valence-electron chi connectivity index (χ4n) is 1.25. The van der Waals surface area contributed by atoms with Crippen LogP contribution in [0.4, 0.5) is 0 Å². The van der Waals surface area contributed by atoms with Crippen molar-refractivity contribution in [3.63, 3.8) is 0 Å². The molecule has 1 aliphatic heterocycles. The average molecular weight is 181 g/mol. The fraction of sp³-hybridized carbons (Fsp3) is 0.444. The predicted molar refractivity (Wildman–Crippen MR) is 45.7 cm³/mol. The van der Waals surface area contributed by atoms with E-state index in [1.165, 1.54) is 17.9 Å². The summed E-state index contributed by atoms with van der Waals surface area (Å²) in [6.07, 6.45) is 1.33. The lowest BCUT2D eigenvalue weighted by Crippen LogP contribution is -2.43. The van der Waals surface area contributed by atoms with Crippen LogP contribution in [0.5, 0.6) is 0 Å². The van der Waals surface area contributed by atoms with E-state index < -0.39 is 23.4 Å². The number of Topliss-reactive ketones (excluding diaryl/α,β-unsaturated/α-hetero) is 1. The molecule has 0 aromatic heterocycles. The summed E-state index contributed by atoms with van der Waals surface area (Å²) >= 11 is 0. The van der Waals surface area contributed by atoms with Crippen LogP contribution in [0.3, 0.4) is 0 Å². The molecular weight excluding hydrogens is 170 g/mol. The van der Waals surface area contributed by atoms with Gasteiger partial charge in [0.15, 0.2) is 11.7 Å². The number of hydrogen-bond donors (Lipinski definition) is 0. The Morgan fingerprint density at radius 2 is 2.00 bits per heavy atom. The first kappa shape index (κ1) is 9.64. The molecule has 0 unspecified atom stereocenters. The summed E-state index contributed by atoms with van der Waals surface area (Å²) in [6.45, 7) is 2.91. The molecule has 0 radical (unpaired) electrons. The zero-order chi connectivity index (χ0) is 10.2. The Morgan fingerprint density at radius 3 is 2.46 bits per heavy atom. The molecule has 0 aromatic rings. The van der Waals surface area contributed by atoms with Gasteiger partial charge in [-0.25, -0.2) is 0 Å². The molecule has 1 heterocycles. The maximum absolute atomic E-state index is 11.4. The first-order valence-corrected chi connectivity index (χ1v) is 3.95. The van der Waals surface area contributed by atoms with Crippen LogP contribution >= 0.6 is 0 Å². The largest absolute Gasteiger partial charge is 0.318 e. The van der Waals surface area contributed by atoms with Crippen molar-refractivity contribution in [3.8, 4) is 0 Å². The van der Waals surface area contributed by atoms with E-state index in [0.717, 1.165) is 0 Å². The second kappa shape index (κ2) is 3.12. The van der Waals surface area contributed by atoms with Crippen LogP contribution in [0.1, 0.15) is 13.8 Å². The van der Waals surface area contributed by atoms with Crippen molar-refractivity contribution in [3.05, 3.63) is 11.8 Å². The van der Waals surface area contributed by atoms with Gasteiger partial charge in [-0.1, -0.05) is 0 Å². The lowest BCUT2D eigenvalue weighted by atomic mass is 9.94. The predicted octanol–water partition coefficient (Wildman–Crippen LogP) is 0.137. The summed E-state index contributed by atoms with van der Waals surface area (Å²) in [7, 11) is 1.55. The number of nitrogens with zero attached hydrogens (tertiary/aromatic N) is 1. The maximum Gasteiger partial charge on any atom is 0.244 e. The highest BCUT2D eigenvalue weighted by molar-refractivity contribution is 6.23. The van der Waals surface area contributed by atoms with Gasteiger partial charge in [-0.05, 0) is 13.8 Å². The van der Waals surface area contributed by atoms with E-state index in [-0.39, 0.29) is 0 Å². The normalized spacial score (nSPS) is 23.2. The van der Waals surface area contributed by atoms with Gasteiger partial charge in [0.25, 0.3) is 0 Å². The van der Waals surface area contributed by atoms with E-state index >= 15 is 0 Å². The van der Waals surface area contributed by atoms with Crippen molar-refractivity contribution in [1.29, 1.82) is 0 Å². The van der Waals surface area contributed by atoms with Gasteiger partial charge < -0.3 is 4.90 Å². The van der Waals surface area contributed by atoms with Crippen LogP contribution in [0.15, 0.2) is 11.8 Å². The minimum absolute atomic E-state index is 0.398. The Kier molecular flexibility index (Phi) is 2.32. The van der Waals surface area contributed by atoms with Crippen LogP contribution in [-0.4, -0.2) is 29.4 Å². The smallest absolute Gasteiger partial charge is 0.244 e. The molecule has 70 valence electrons. The molecule has 13 heavy (non-hydrogen) atoms. The molecule has 0 spiro atoms. The van der Waals surface area contributed by atoms with E-state index in [9.17, 15) is 14.4 Å².